The van der Waals surface area contributed by atoms with Gasteiger partial charge >= 0.3 is 0 Å². The third-order valence-electron chi connectivity index (χ3n) is 4.89. The quantitative estimate of drug-likeness (QED) is 0.856. The van der Waals surface area contributed by atoms with E-state index in [1.165, 1.54) is 25.3 Å². The Balaban J connectivity index is 1.80. The molecule has 1 aliphatic rings. The van der Waals surface area contributed by atoms with Crippen molar-refractivity contribution in [1.82, 2.24) is 5.32 Å². The molecule has 1 aliphatic carbocycles. The number of ether oxygens (including phenoxy) is 1. The molecule has 25 heavy (non-hydrogen) atoms. The van der Waals surface area contributed by atoms with Crippen LogP contribution in [-0.2, 0) is 5.41 Å². The predicted octanol–water partition coefficient (Wildman–Crippen LogP) is 4.33. The van der Waals surface area contributed by atoms with Crippen LogP contribution in [0.4, 0.5) is 8.78 Å². The van der Waals surface area contributed by atoms with E-state index in [9.17, 15) is 13.6 Å². The van der Waals surface area contributed by atoms with Crippen molar-refractivity contribution in [3.05, 3.63) is 64.2 Å². The van der Waals surface area contributed by atoms with Crippen LogP contribution in [0, 0.1) is 17.6 Å². The first-order chi connectivity index (χ1) is 11.9. The Kier molecular flexibility index (Phi) is 4.69. The fourth-order valence-corrected chi connectivity index (χ4v) is 3.46. The average Bonchev–Trinajstić information content (AvgIpc) is 3.23. The SMILES string of the molecule is COc1ccc(Cl)cc1C(=O)NCC1(c2ccc(F)cc2F)CC1C. The van der Waals surface area contributed by atoms with Crippen LogP contribution < -0.4 is 10.1 Å². The largest absolute Gasteiger partial charge is 0.496 e. The molecule has 1 amide bonds. The molecule has 2 aromatic carbocycles. The number of rotatable bonds is 5. The van der Waals surface area contributed by atoms with E-state index in [1.807, 2.05) is 6.92 Å². The highest BCUT2D eigenvalue weighted by Gasteiger charge is 2.53. The summed E-state index contributed by atoms with van der Waals surface area (Å²) in [5.41, 5.74) is 0.233. The summed E-state index contributed by atoms with van der Waals surface area (Å²) in [5, 5.41) is 3.26. The Bertz CT molecular complexity index is 827. The molecular formula is C19H18ClF2NO2. The maximum absolute atomic E-state index is 14.2. The van der Waals surface area contributed by atoms with E-state index in [0.29, 0.717) is 21.9 Å². The lowest BCUT2D eigenvalue weighted by atomic mass is 9.92. The van der Waals surface area contributed by atoms with Crippen molar-refractivity contribution < 1.29 is 18.3 Å². The minimum absolute atomic E-state index is 0.189. The van der Waals surface area contributed by atoms with Crippen LogP contribution in [0.2, 0.25) is 5.02 Å². The first-order valence-electron chi connectivity index (χ1n) is 7.94. The summed E-state index contributed by atoms with van der Waals surface area (Å²) in [5.74, 6) is -0.946. The van der Waals surface area contributed by atoms with E-state index >= 15 is 0 Å². The lowest BCUT2D eigenvalue weighted by molar-refractivity contribution is 0.0945. The molecule has 3 rings (SSSR count). The normalized spacial score (nSPS) is 21.7. The Morgan fingerprint density at radius 3 is 2.64 bits per heavy atom. The number of benzene rings is 2. The van der Waals surface area contributed by atoms with Crippen molar-refractivity contribution in [3.8, 4) is 5.75 Å². The van der Waals surface area contributed by atoms with Gasteiger partial charge in [0.25, 0.3) is 5.91 Å². The van der Waals surface area contributed by atoms with Gasteiger partial charge in [0.1, 0.15) is 17.4 Å². The zero-order valence-corrected chi connectivity index (χ0v) is 14.7. The number of hydrogen-bond donors (Lipinski definition) is 1. The third-order valence-corrected chi connectivity index (χ3v) is 5.13. The molecular weight excluding hydrogens is 348 g/mol. The van der Waals surface area contributed by atoms with E-state index in [1.54, 1.807) is 12.1 Å². The highest BCUT2D eigenvalue weighted by atomic mass is 35.5. The minimum Gasteiger partial charge on any atom is -0.496 e. The van der Waals surface area contributed by atoms with Crippen LogP contribution in [0.5, 0.6) is 5.75 Å². The third kappa shape index (κ3) is 3.33. The Morgan fingerprint density at radius 2 is 2.04 bits per heavy atom. The molecule has 0 bridgehead atoms. The number of carbonyl (C=O) groups excluding carboxylic acids is 1. The van der Waals surface area contributed by atoms with Gasteiger partial charge in [-0.1, -0.05) is 24.6 Å². The predicted molar refractivity (Wildman–Crippen MR) is 92.2 cm³/mol. The molecule has 3 nitrogen and oxygen atoms in total. The number of methoxy groups -OCH3 is 1. The molecule has 2 aromatic rings. The van der Waals surface area contributed by atoms with Crippen LogP contribution in [0.3, 0.4) is 0 Å². The molecule has 1 saturated carbocycles. The van der Waals surface area contributed by atoms with Crippen molar-refractivity contribution in [2.24, 2.45) is 5.92 Å². The Morgan fingerprint density at radius 1 is 1.32 bits per heavy atom. The van der Waals surface area contributed by atoms with Crippen LogP contribution >= 0.6 is 11.6 Å². The topological polar surface area (TPSA) is 38.3 Å². The highest BCUT2D eigenvalue weighted by Crippen LogP contribution is 2.54. The molecule has 0 spiro atoms. The summed E-state index contributed by atoms with van der Waals surface area (Å²) in [6.07, 6.45) is 0.725. The van der Waals surface area contributed by atoms with Crippen LogP contribution in [0.1, 0.15) is 29.3 Å². The molecule has 0 heterocycles. The van der Waals surface area contributed by atoms with Gasteiger partial charge in [-0.25, -0.2) is 8.78 Å². The van der Waals surface area contributed by atoms with Gasteiger partial charge in [-0.15, -0.1) is 0 Å². The van der Waals surface area contributed by atoms with E-state index < -0.39 is 17.0 Å². The molecule has 2 unspecified atom stereocenters. The van der Waals surface area contributed by atoms with Crippen molar-refractivity contribution in [3.63, 3.8) is 0 Å². The maximum atomic E-state index is 14.2. The fourth-order valence-electron chi connectivity index (χ4n) is 3.29. The summed E-state index contributed by atoms with van der Waals surface area (Å²) < 4.78 is 32.5. The second-order valence-corrected chi connectivity index (χ2v) is 6.85. The Labute approximate surface area is 149 Å². The Hall–Kier alpha value is -2.14. The summed E-state index contributed by atoms with van der Waals surface area (Å²) in [6, 6.07) is 8.36. The van der Waals surface area contributed by atoms with Crippen LogP contribution in [-0.4, -0.2) is 19.6 Å². The molecule has 0 aromatic heterocycles. The molecule has 6 heteroatoms. The van der Waals surface area contributed by atoms with Gasteiger partial charge < -0.3 is 10.1 Å². The first-order valence-corrected chi connectivity index (χ1v) is 8.32. The molecule has 1 N–H and O–H groups in total. The zero-order valence-electron chi connectivity index (χ0n) is 13.9. The first kappa shape index (κ1) is 17.7. The smallest absolute Gasteiger partial charge is 0.255 e. The van der Waals surface area contributed by atoms with Crippen LogP contribution in [0.15, 0.2) is 36.4 Å². The molecule has 1 fully saturated rings. The molecule has 0 radical (unpaired) electrons. The van der Waals surface area contributed by atoms with Gasteiger partial charge in [0.2, 0.25) is 0 Å². The van der Waals surface area contributed by atoms with Gasteiger partial charge in [0.05, 0.1) is 12.7 Å². The molecule has 0 aliphatic heterocycles. The number of nitrogens with one attached hydrogen (secondary N) is 1. The van der Waals surface area contributed by atoms with E-state index in [0.717, 1.165) is 12.5 Å². The second-order valence-electron chi connectivity index (χ2n) is 6.41. The van der Waals surface area contributed by atoms with Gasteiger partial charge in [0.15, 0.2) is 0 Å². The molecule has 0 saturated heterocycles. The van der Waals surface area contributed by atoms with Gasteiger partial charge in [-0.05, 0) is 42.2 Å². The van der Waals surface area contributed by atoms with E-state index in [4.69, 9.17) is 16.3 Å². The molecule has 2 atom stereocenters. The molecule has 132 valence electrons. The monoisotopic (exact) mass is 365 g/mol. The maximum Gasteiger partial charge on any atom is 0.255 e. The van der Waals surface area contributed by atoms with Crippen molar-refractivity contribution in [2.45, 2.75) is 18.8 Å². The van der Waals surface area contributed by atoms with Gasteiger partial charge in [-0.2, -0.15) is 0 Å². The average molecular weight is 366 g/mol. The number of amides is 1. The summed E-state index contributed by atoms with van der Waals surface area (Å²) in [7, 11) is 1.47. The summed E-state index contributed by atoms with van der Waals surface area (Å²) in [6.45, 7) is 2.24. The van der Waals surface area contributed by atoms with E-state index in [2.05, 4.69) is 5.32 Å². The van der Waals surface area contributed by atoms with Gasteiger partial charge in [-0.3, -0.25) is 4.79 Å². The number of carbonyl (C=O) groups is 1. The summed E-state index contributed by atoms with van der Waals surface area (Å²) in [4.78, 5) is 12.5. The lowest BCUT2D eigenvalue weighted by Gasteiger charge is -2.19. The summed E-state index contributed by atoms with van der Waals surface area (Å²) >= 11 is 5.95. The van der Waals surface area contributed by atoms with Crippen molar-refractivity contribution >= 4 is 17.5 Å². The van der Waals surface area contributed by atoms with Gasteiger partial charge in [0, 0.05) is 23.0 Å². The zero-order chi connectivity index (χ0) is 18.2. The van der Waals surface area contributed by atoms with E-state index in [-0.39, 0.29) is 18.4 Å². The highest BCUT2D eigenvalue weighted by molar-refractivity contribution is 6.31. The second kappa shape index (κ2) is 6.64. The van der Waals surface area contributed by atoms with Crippen molar-refractivity contribution in [2.75, 3.05) is 13.7 Å². The number of hydrogen-bond acceptors (Lipinski definition) is 2. The van der Waals surface area contributed by atoms with Crippen molar-refractivity contribution in [1.29, 1.82) is 0 Å². The standard InChI is InChI=1S/C19H18ClF2NO2/c1-11-9-19(11,15-5-4-13(21)8-16(15)22)10-23-18(24)14-7-12(20)3-6-17(14)25-2/h3-8,11H,9-10H2,1-2H3,(H,23,24). The lowest BCUT2D eigenvalue weighted by Crippen LogP contribution is -2.34. The van der Waals surface area contributed by atoms with Crippen LogP contribution in [0.25, 0.3) is 0 Å². The minimum atomic E-state index is -0.614. The number of halogens is 3. The fraction of sp³-hybridized carbons (Fsp3) is 0.316.